The van der Waals surface area contributed by atoms with Gasteiger partial charge in [0.05, 0.1) is 12.1 Å². The lowest BCUT2D eigenvalue weighted by Gasteiger charge is -2.16. The summed E-state index contributed by atoms with van der Waals surface area (Å²) in [5, 5.41) is 14.2. The van der Waals surface area contributed by atoms with Gasteiger partial charge in [0.15, 0.2) is 0 Å². The maximum Gasteiger partial charge on any atom is 0.326 e. The molecule has 3 rings (SSSR count). The van der Waals surface area contributed by atoms with Gasteiger partial charge in [-0.05, 0) is 34.5 Å². The van der Waals surface area contributed by atoms with E-state index in [0.717, 1.165) is 10.8 Å². The van der Waals surface area contributed by atoms with Crippen molar-refractivity contribution in [3.05, 3.63) is 76.8 Å². The first-order valence-electron chi connectivity index (χ1n) is 8.33. The third-order valence-corrected chi connectivity index (χ3v) is 4.59. The number of carbonyl (C=O) groups excluding carboxylic acids is 1. The number of ether oxygens (including phenoxy) is 1. The molecular weight excluding hydrogens is 366 g/mol. The highest BCUT2D eigenvalue weighted by molar-refractivity contribution is 6.32. The Morgan fingerprint density at radius 1 is 1.11 bits per heavy atom. The summed E-state index contributed by atoms with van der Waals surface area (Å²) in [6, 6.07) is 16.8. The lowest BCUT2D eigenvalue weighted by atomic mass is 10.0. The van der Waals surface area contributed by atoms with Crippen molar-refractivity contribution in [1.82, 2.24) is 5.32 Å². The van der Waals surface area contributed by atoms with Gasteiger partial charge < -0.3 is 15.2 Å². The van der Waals surface area contributed by atoms with Gasteiger partial charge in [0.25, 0.3) is 5.91 Å². The molecule has 0 unspecified atom stereocenters. The smallest absolute Gasteiger partial charge is 0.326 e. The largest absolute Gasteiger partial charge is 0.495 e. The molecule has 0 bridgehead atoms. The summed E-state index contributed by atoms with van der Waals surface area (Å²) < 4.78 is 5.10. The molecule has 3 aromatic rings. The van der Waals surface area contributed by atoms with Crippen molar-refractivity contribution in [1.29, 1.82) is 0 Å². The van der Waals surface area contributed by atoms with Crippen LogP contribution in [-0.2, 0) is 11.2 Å². The van der Waals surface area contributed by atoms with E-state index in [-0.39, 0.29) is 6.42 Å². The number of carboxylic acids is 1. The van der Waals surface area contributed by atoms with Crippen molar-refractivity contribution in [2.24, 2.45) is 0 Å². The molecule has 0 spiro atoms. The van der Waals surface area contributed by atoms with E-state index in [1.807, 2.05) is 30.3 Å². The summed E-state index contributed by atoms with van der Waals surface area (Å²) in [5.74, 6) is -1.04. The van der Waals surface area contributed by atoms with E-state index in [1.165, 1.54) is 7.11 Å². The number of aliphatic carboxylic acids is 1. The minimum Gasteiger partial charge on any atom is -0.495 e. The van der Waals surface area contributed by atoms with Crippen LogP contribution >= 0.6 is 11.6 Å². The van der Waals surface area contributed by atoms with Crippen LogP contribution in [0, 0.1) is 0 Å². The maximum atomic E-state index is 12.7. The second-order valence-corrected chi connectivity index (χ2v) is 6.47. The highest BCUT2D eigenvalue weighted by Crippen LogP contribution is 2.25. The zero-order valence-electron chi connectivity index (χ0n) is 14.6. The van der Waals surface area contributed by atoms with Crippen LogP contribution in [-0.4, -0.2) is 30.1 Å². The van der Waals surface area contributed by atoms with Gasteiger partial charge >= 0.3 is 5.97 Å². The fourth-order valence-electron chi connectivity index (χ4n) is 2.93. The Balaban J connectivity index is 1.83. The van der Waals surface area contributed by atoms with Crippen molar-refractivity contribution < 1.29 is 19.4 Å². The van der Waals surface area contributed by atoms with Crippen LogP contribution in [0.25, 0.3) is 10.8 Å². The Hall–Kier alpha value is -3.05. The average molecular weight is 384 g/mol. The minimum absolute atomic E-state index is 0.107. The molecule has 0 saturated heterocycles. The van der Waals surface area contributed by atoms with Gasteiger partial charge in [-0.2, -0.15) is 0 Å². The Morgan fingerprint density at radius 2 is 1.85 bits per heavy atom. The Labute approximate surface area is 161 Å². The van der Waals surface area contributed by atoms with Crippen LogP contribution < -0.4 is 10.1 Å². The average Bonchev–Trinajstić information content (AvgIpc) is 2.67. The number of carboxylic acid groups (broad SMARTS) is 1. The van der Waals surface area contributed by atoms with Gasteiger partial charge in [-0.3, -0.25) is 4.79 Å². The van der Waals surface area contributed by atoms with Crippen LogP contribution in [0.5, 0.6) is 5.75 Å². The molecule has 1 atom stereocenters. The van der Waals surface area contributed by atoms with Gasteiger partial charge in [-0.1, -0.05) is 54.1 Å². The summed E-state index contributed by atoms with van der Waals surface area (Å²) in [7, 11) is 1.51. The first kappa shape index (κ1) is 18.7. The van der Waals surface area contributed by atoms with Crippen LogP contribution in [0.3, 0.4) is 0 Å². The molecule has 0 radical (unpaired) electrons. The first-order valence-corrected chi connectivity index (χ1v) is 8.71. The van der Waals surface area contributed by atoms with Gasteiger partial charge in [-0.25, -0.2) is 4.79 Å². The van der Waals surface area contributed by atoms with E-state index in [4.69, 9.17) is 16.3 Å². The lowest BCUT2D eigenvalue weighted by Crippen LogP contribution is -2.42. The molecule has 0 aliphatic heterocycles. The van der Waals surface area contributed by atoms with E-state index < -0.39 is 17.9 Å². The molecule has 1 amide bonds. The second kappa shape index (κ2) is 8.10. The maximum absolute atomic E-state index is 12.7. The molecule has 6 heteroatoms. The summed E-state index contributed by atoms with van der Waals surface area (Å²) in [5.41, 5.74) is 1.12. The topological polar surface area (TPSA) is 75.6 Å². The van der Waals surface area contributed by atoms with E-state index in [9.17, 15) is 14.7 Å². The van der Waals surface area contributed by atoms with Crippen LogP contribution in [0.4, 0.5) is 0 Å². The highest BCUT2D eigenvalue weighted by Gasteiger charge is 2.22. The number of hydrogen-bond acceptors (Lipinski definition) is 3. The van der Waals surface area contributed by atoms with Crippen molar-refractivity contribution in [3.63, 3.8) is 0 Å². The Bertz CT molecular complexity index is 997. The van der Waals surface area contributed by atoms with E-state index in [1.54, 1.807) is 30.3 Å². The molecule has 0 aliphatic carbocycles. The van der Waals surface area contributed by atoms with Crippen LogP contribution in [0.2, 0.25) is 5.02 Å². The molecule has 0 fully saturated rings. The molecule has 0 saturated carbocycles. The van der Waals surface area contributed by atoms with E-state index >= 15 is 0 Å². The number of nitrogens with one attached hydrogen (secondary N) is 1. The minimum atomic E-state index is -1.12. The summed E-state index contributed by atoms with van der Waals surface area (Å²) in [4.78, 5) is 24.4. The number of carbonyl (C=O) groups is 2. The Morgan fingerprint density at radius 3 is 2.56 bits per heavy atom. The van der Waals surface area contributed by atoms with Gasteiger partial charge in [0.1, 0.15) is 11.8 Å². The third kappa shape index (κ3) is 4.20. The molecule has 2 N–H and O–H groups in total. The SMILES string of the molecule is COc1ccc(C[C@@H](NC(=O)c2cccc3ccccc23)C(=O)O)cc1Cl. The summed E-state index contributed by atoms with van der Waals surface area (Å²) >= 11 is 6.10. The fourth-order valence-corrected chi connectivity index (χ4v) is 3.21. The van der Waals surface area contributed by atoms with Crippen molar-refractivity contribution in [3.8, 4) is 5.75 Å². The third-order valence-electron chi connectivity index (χ3n) is 4.29. The molecule has 138 valence electrons. The summed E-state index contributed by atoms with van der Waals surface area (Å²) in [6.45, 7) is 0. The van der Waals surface area contributed by atoms with Gasteiger partial charge in [0, 0.05) is 12.0 Å². The predicted molar refractivity (Wildman–Crippen MR) is 105 cm³/mol. The van der Waals surface area contributed by atoms with Crippen molar-refractivity contribution in [2.45, 2.75) is 12.5 Å². The number of benzene rings is 3. The number of methoxy groups -OCH3 is 1. The van der Waals surface area contributed by atoms with Gasteiger partial charge in [0.2, 0.25) is 0 Å². The quantitative estimate of drug-likeness (QED) is 0.676. The first-order chi connectivity index (χ1) is 13.0. The van der Waals surface area contributed by atoms with Crippen molar-refractivity contribution in [2.75, 3.05) is 7.11 Å². The molecule has 0 aliphatic rings. The number of rotatable bonds is 6. The molecule has 0 aromatic heterocycles. The fraction of sp³-hybridized carbons (Fsp3) is 0.143. The normalized spacial score (nSPS) is 11.8. The van der Waals surface area contributed by atoms with Crippen LogP contribution in [0.1, 0.15) is 15.9 Å². The lowest BCUT2D eigenvalue weighted by molar-refractivity contribution is -0.139. The number of halogens is 1. The predicted octanol–water partition coefficient (Wildman–Crippen LogP) is 3.93. The van der Waals surface area contributed by atoms with E-state index in [2.05, 4.69) is 5.32 Å². The number of fused-ring (bicyclic) bond motifs is 1. The number of hydrogen-bond donors (Lipinski definition) is 2. The zero-order valence-corrected chi connectivity index (χ0v) is 15.4. The zero-order chi connectivity index (χ0) is 19.4. The molecular formula is C21H18ClNO4. The van der Waals surface area contributed by atoms with Crippen molar-refractivity contribution >= 4 is 34.2 Å². The van der Waals surface area contributed by atoms with E-state index in [0.29, 0.717) is 21.9 Å². The number of amides is 1. The van der Waals surface area contributed by atoms with Crippen LogP contribution in [0.15, 0.2) is 60.7 Å². The van der Waals surface area contributed by atoms with Gasteiger partial charge in [-0.15, -0.1) is 0 Å². The molecule has 27 heavy (non-hydrogen) atoms. The Kier molecular flexibility index (Phi) is 5.62. The molecule has 3 aromatic carbocycles. The molecule has 0 heterocycles. The molecule has 5 nitrogen and oxygen atoms in total. The highest BCUT2D eigenvalue weighted by atomic mass is 35.5. The standard InChI is InChI=1S/C21H18ClNO4/c1-27-19-10-9-13(11-17(19)22)12-18(21(25)26)23-20(24)16-8-4-6-14-5-2-3-7-15(14)16/h2-11,18H,12H2,1H3,(H,23,24)(H,25,26)/t18-/m1/s1. The monoisotopic (exact) mass is 383 g/mol. The summed E-state index contributed by atoms with van der Waals surface area (Å²) in [6.07, 6.45) is 0.107. The second-order valence-electron chi connectivity index (χ2n) is 6.06.